The third-order valence-electron chi connectivity index (χ3n) is 5.48. The second-order valence-electron chi connectivity index (χ2n) is 8.01. The molecule has 0 bridgehead atoms. The van der Waals surface area contributed by atoms with Crippen LogP contribution in [0.15, 0.2) is 46.9 Å². The second-order valence-corrected chi connectivity index (χ2v) is 9.90. The summed E-state index contributed by atoms with van der Waals surface area (Å²) in [5, 5.41) is 0.422. The van der Waals surface area contributed by atoms with Gasteiger partial charge < -0.3 is 15.4 Å². The minimum atomic E-state index is -0.0380. The van der Waals surface area contributed by atoms with Crippen LogP contribution in [0.3, 0.4) is 0 Å². The summed E-state index contributed by atoms with van der Waals surface area (Å²) >= 11 is 4.92. The molecule has 31 heavy (non-hydrogen) atoms. The fraction of sp³-hybridized carbons (Fsp3) is 0.333. The van der Waals surface area contributed by atoms with Crippen LogP contribution < -0.4 is 10.5 Å². The molecule has 1 aromatic heterocycles. The molecule has 0 aliphatic heterocycles. The Labute approximate surface area is 195 Å². The van der Waals surface area contributed by atoms with E-state index in [2.05, 4.69) is 33.0 Å². The number of halogens is 1. The normalized spacial score (nSPS) is 13.3. The molecule has 0 atom stereocenters. The number of benzene rings is 2. The summed E-state index contributed by atoms with van der Waals surface area (Å²) in [5.41, 5.74) is 9.78. The molecule has 7 heteroatoms. The molecule has 2 N–H and O–H groups in total. The standard InChI is InChI=1S/C24H26BrN3O2S/c1-15-4-3-5-18(12-15)22-21(27-24(26)31-22)23(29)28(14-17-6-7-17)11-10-16-8-9-20(30-2)19(25)13-16/h3-5,8-9,12-13,17H,6-7,10-11,14H2,1-2H3,(H2,26,27). The lowest BCUT2D eigenvalue weighted by molar-refractivity contribution is 0.0745. The Morgan fingerprint density at radius 2 is 2.10 bits per heavy atom. The molecule has 162 valence electrons. The van der Waals surface area contributed by atoms with Gasteiger partial charge in [-0.15, -0.1) is 0 Å². The first-order chi connectivity index (χ1) is 14.9. The number of anilines is 1. The van der Waals surface area contributed by atoms with Crippen LogP contribution in [0.4, 0.5) is 5.13 Å². The molecule has 0 saturated heterocycles. The number of nitrogens with zero attached hydrogens (tertiary/aromatic N) is 2. The zero-order valence-corrected chi connectivity index (χ0v) is 20.1. The molecule has 1 saturated carbocycles. The first kappa shape index (κ1) is 21.8. The fourth-order valence-corrected chi connectivity index (χ4v) is 5.04. The van der Waals surface area contributed by atoms with Crippen LogP contribution in [0.1, 0.15) is 34.5 Å². The van der Waals surface area contributed by atoms with Crippen LogP contribution in [-0.2, 0) is 6.42 Å². The Kier molecular flexibility index (Phi) is 6.62. The number of carbonyl (C=O) groups excluding carboxylic acids is 1. The van der Waals surface area contributed by atoms with E-state index in [0.717, 1.165) is 44.8 Å². The maximum absolute atomic E-state index is 13.6. The Bertz CT molecular complexity index is 1090. The number of nitrogens with two attached hydrogens (primary N) is 1. The first-order valence-corrected chi connectivity index (χ1v) is 12.0. The predicted molar refractivity (Wildman–Crippen MR) is 130 cm³/mol. The number of thiazole rings is 1. The van der Waals surface area contributed by atoms with Crippen LogP contribution in [-0.4, -0.2) is 36.0 Å². The van der Waals surface area contributed by atoms with Crippen molar-refractivity contribution in [1.29, 1.82) is 0 Å². The van der Waals surface area contributed by atoms with Crippen molar-refractivity contribution >= 4 is 38.3 Å². The molecule has 2 aromatic carbocycles. The number of hydrogen-bond acceptors (Lipinski definition) is 5. The minimum absolute atomic E-state index is 0.0380. The number of nitrogen functional groups attached to an aromatic ring is 1. The highest BCUT2D eigenvalue weighted by molar-refractivity contribution is 9.10. The zero-order chi connectivity index (χ0) is 22.0. The van der Waals surface area contributed by atoms with E-state index in [1.54, 1.807) is 7.11 Å². The number of carbonyl (C=O) groups is 1. The highest BCUT2D eigenvalue weighted by Crippen LogP contribution is 2.35. The van der Waals surface area contributed by atoms with Crippen molar-refractivity contribution < 1.29 is 9.53 Å². The summed E-state index contributed by atoms with van der Waals surface area (Å²) in [6.45, 7) is 3.45. The quantitative estimate of drug-likeness (QED) is 0.439. The van der Waals surface area contributed by atoms with Crippen LogP contribution in [0.25, 0.3) is 10.4 Å². The van der Waals surface area contributed by atoms with Crippen molar-refractivity contribution in [2.45, 2.75) is 26.2 Å². The molecule has 1 aliphatic carbocycles. The molecule has 0 radical (unpaired) electrons. The van der Waals surface area contributed by atoms with E-state index in [1.165, 1.54) is 24.2 Å². The summed E-state index contributed by atoms with van der Waals surface area (Å²) in [6, 6.07) is 14.2. The van der Waals surface area contributed by atoms with Gasteiger partial charge in [0.1, 0.15) is 11.4 Å². The van der Waals surface area contributed by atoms with E-state index in [-0.39, 0.29) is 5.91 Å². The van der Waals surface area contributed by atoms with Gasteiger partial charge in [-0.3, -0.25) is 4.79 Å². The van der Waals surface area contributed by atoms with Crippen LogP contribution in [0.2, 0.25) is 0 Å². The average molecular weight is 500 g/mol. The van der Waals surface area contributed by atoms with E-state index in [1.807, 2.05) is 42.2 Å². The van der Waals surface area contributed by atoms with E-state index >= 15 is 0 Å². The van der Waals surface area contributed by atoms with Gasteiger partial charge in [-0.2, -0.15) is 0 Å². The molecule has 1 amide bonds. The Morgan fingerprint density at radius 3 is 2.77 bits per heavy atom. The summed E-state index contributed by atoms with van der Waals surface area (Å²) in [5.74, 6) is 1.35. The van der Waals surface area contributed by atoms with Crippen molar-refractivity contribution in [1.82, 2.24) is 9.88 Å². The number of amides is 1. The monoisotopic (exact) mass is 499 g/mol. The molecule has 1 heterocycles. The van der Waals surface area contributed by atoms with Gasteiger partial charge in [0.15, 0.2) is 5.13 Å². The molecule has 0 spiro atoms. The molecule has 3 aromatic rings. The highest BCUT2D eigenvalue weighted by atomic mass is 79.9. The van der Waals surface area contributed by atoms with Gasteiger partial charge in [0.2, 0.25) is 0 Å². The van der Waals surface area contributed by atoms with E-state index in [4.69, 9.17) is 10.5 Å². The Hall–Kier alpha value is -2.38. The third kappa shape index (κ3) is 5.28. The summed E-state index contributed by atoms with van der Waals surface area (Å²) in [6.07, 6.45) is 3.13. The Morgan fingerprint density at radius 1 is 1.29 bits per heavy atom. The molecular formula is C24H26BrN3O2S. The van der Waals surface area contributed by atoms with Crippen LogP contribution in [0.5, 0.6) is 5.75 Å². The van der Waals surface area contributed by atoms with Gasteiger partial charge in [-0.05, 0) is 71.3 Å². The summed E-state index contributed by atoms with van der Waals surface area (Å²) < 4.78 is 6.24. The Balaban J connectivity index is 1.57. The molecule has 1 aliphatic rings. The average Bonchev–Trinajstić information content (AvgIpc) is 3.49. The number of ether oxygens (including phenoxy) is 1. The van der Waals surface area contributed by atoms with Crippen LogP contribution in [0, 0.1) is 12.8 Å². The van der Waals surface area contributed by atoms with E-state index < -0.39 is 0 Å². The zero-order valence-electron chi connectivity index (χ0n) is 17.7. The van der Waals surface area contributed by atoms with Crippen LogP contribution >= 0.6 is 27.3 Å². The number of hydrogen-bond donors (Lipinski definition) is 1. The predicted octanol–water partition coefficient (Wildman–Crippen LogP) is 5.57. The van der Waals surface area contributed by atoms with Crippen molar-refractivity contribution in [3.8, 4) is 16.2 Å². The van der Waals surface area contributed by atoms with Crippen molar-refractivity contribution in [3.63, 3.8) is 0 Å². The molecule has 5 nitrogen and oxygen atoms in total. The smallest absolute Gasteiger partial charge is 0.274 e. The molecule has 1 fully saturated rings. The number of methoxy groups -OCH3 is 1. The highest BCUT2D eigenvalue weighted by Gasteiger charge is 2.30. The fourth-order valence-electron chi connectivity index (χ4n) is 3.63. The first-order valence-electron chi connectivity index (χ1n) is 10.4. The lowest BCUT2D eigenvalue weighted by Gasteiger charge is -2.22. The number of rotatable bonds is 8. The van der Waals surface area contributed by atoms with Crippen molar-refractivity contribution in [3.05, 3.63) is 63.8 Å². The minimum Gasteiger partial charge on any atom is -0.496 e. The number of aryl methyl sites for hydroxylation is 1. The molecule has 4 rings (SSSR count). The van der Waals surface area contributed by atoms with Gasteiger partial charge in [0.05, 0.1) is 16.5 Å². The van der Waals surface area contributed by atoms with Gasteiger partial charge >= 0.3 is 0 Å². The van der Waals surface area contributed by atoms with Gasteiger partial charge in [0, 0.05) is 13.1 Å². The maximum atomic E-state index is 13.6. The summed E-state index contributed by atoms with van der Waals surface area (Å²) in [4.78, 5) is 20.8. The lowest BCUT2D eigenvalue weighted by Crippen LogP contribution is -2.35. The maximum Gasteiger partial charge on any atom is 0.274 e. The number of aromatic nitrogens is 1. The van der Waals surface area contributed by atoms with E-state index in [9.17, 15) is 4.79 Å². The van der Waals surface area contributed by atoms with Gasteiger partial charge in [0.25, 0.3) is 5.91 Å². The van der Waals surface area contributed by atoms with Crippen molar-refractivity contribution in [2.24, 2.45) is 5.92 Å². The van der Waals surface area contributed by atoms with Gasteiger partial charge in [-0.1, -0.05) is 47.2 Å². The molecular weight excluding hydrogens is 474 g/mol. The SMILES string of the molecule is COc1ccc(CCN(CC2CC2)C(=O)c2nc(N)sc2-c2cccc(C)c2)cc1Br. The summed E-state index contributed by atoms with van der Waals surface area (Å²) in [7, 11) is 1.65. The lowest BCUT2D eigenvalue weighted by atomic mass is 10.1. The largest absolute Gasteiger partial charge is 0.496 e. The molecule has 0 unspecified atom stereocenters. The second kappa shape index (κ2) is 9.40. The van der Waals surface area contributed by atoms with Gasteiger partial charge in [-0.25, -0.2) is 4.98 Å². The third-order valence-corrected chi connectivity index (χ3v) is 7.03. The topological polar surface area (TPSA) is 68.5 Å². The van der Waals surface area contributed by atoms with Crippen molar-refractivity contribution in [2.75, 3.05) is 25.9 Å². The van der Waals surface area contributed by atoms with E-state index in [0.29, 0.717) is 23.3 Å².